The number of aromatic nitrogens is 1. The van der Waals surface area contributed by atoms with E-state index >= 15 is 0 Å². The number of carbonyl (C=O) groups is 1. The Hall–Kier alpha value is -3.75. The Morgan fingerprint density at radius 3 is 2.62 bits per heavy atom. The average Bonchev–Trinajstić information content (AvgIpc) is 3.00. The van der Waals surface area contributed by atoms with Gasteiger partial charge in [0.15, 0.2) is 5.69 Å². The van der Waals surface area contributed by atoms with Gasteiger partial charge in [0.05, 0.1) is 17.0 Å². The van der Waals surface area contributed by atoms with Crippen molar-refractivity contribution in [3.63, 3.8) is 0 Å². The van der Waals surface area contributed by atoms with Crippen LogP contribution in [0.15, 0.2) is 52.7 Å². The molecule has 2 N–H and O–H groups in total. The van der Waals surface area contributed by atoms with Crippen LogP contribution in [-0.2, 0) is 0 Å². The molecule has 0 atom stereocenters. The van der Waals surface area contributed by atoms with Crippen molar-refractivity contribution in [2.24, 2.45) is 16.1 Å². The lowest BCUT2D eigenvalue weighted by Crippen LogP contribution is -2.01. The maximum absolute atomic E-state index is 12.3. The van der Waals surface area contributed by atoms with Gasteiger partial charge in [-0.2, -0.15) is 0 Å². The summed E-state index contributed by atoms with van der Waals surface area (Å²) in [5.41, 5.74) is 0.547. The third-order valence-corrected chi connectivity index (χ3v) is 4.25. The zero-order valence-corrected chi connectivity index (χ0v) is 16.0. The Morgan fingerprint density at radius 2 is 1.97 bits per heavy atom. The van der Waals surface area contributed by atoms with Crippen LogP contribution < -0.4 is 4.74 Å². The summed E-state index contributed by atoms with van der Waals surface area (Å²) in [6.07, 6.45) is 0.932. The molecule has 3 rings (SSSR count). The van der Waals surface area contributed by atoms with Crippen molar-refractivity contribution in [3.8, 4) is 11.6 Å². The average molecular weight is 396 g/mol. The summed E-state index contributed by atoms with van der Waals surface area (Å²) in [5, 5.41) is 28.7. The van der Waals surface area contributed by atoms with E-state index in [1.54, 1.807) is 24.3 Å². The number of amides is 1. The van der Waals surface area contributed by atoms with Gasteiger partial charge in [0.2, 0.25) is 5.88 Å². The Morgan fingerprint density at radius 1 is 1.24 bits per heavy atom. The lowest BCUT2D eigenvalue weighted by Gasteiger charge is -2.07. The fraction of sp³-hybridized carbons (Fsp3) is 0.250. The first kappa shape index (κ1) is 20.0. The zero-order valence-electron chi connectivity index (χ0n) is 16.0. The number of aromatic amines is 1. The van der Waals surface area contributed by atoms with Crippen molar-refractivity contribution in [2.45, 2.75) is 20.3 Å². The summed E-state index contributed by atoms with van der Waals surface area (Å²) < 4.78 is 5.61. The number of nitro groups is 1. The molecule has 0 radical (unpaired) electrons. The highest BCUT2D eigenvalue weighted by atomic mass is 16.6. The topological polar surface area (TPSA) is 130 Å². The number of benzene rings is 2. The molecule has 0 aliphatic carbocycles. The number of H-pyrrole nitrogens is 1. The molecule has 3 aromatic rings. The number of carbonyl (C=O) groups excluding carboxylic acids is 1. The molecule has 1 amide bonds. The molecule has 1 aromatic heterocycles. The Balaban J connectivity index is 1.76. The third kappa shape index (κ3) is 4.75. The number of nitro benzene ring substituents is 1. The Labute approximate surface area is 166 Å². The second-order valence-corrected chi connectivity index (χ2v) is 6.87. The molecular weight excluding hydrogens is 376 g/mol. The highest BCUT2D eigenvalue weighted by Gasteiger charge is 2.15. The van der Waals surface area contributed by atoms with Crippen LogP contribution in [0.2, 0.25) is 0 Å². The van der Waals surface area contributed by atoms with Gasteiger partial charge in [0, 0.05) is 23.1 Å². The number of azo groups is 1. The van der Waals surface area contributed by atoms with E-state index in [0.29, 0.717) is 34.7 Å². The smallest absolute Gasteiger partial charge is 0.295 e. The minimum absolute atomic E-state index is 0.0364. The summed E-state index contributed by atoms with van der Waals surface area (Å²) in [4.78, 5) is 25.3. The molecule has 0 saturated carbocycles. The first-order chi connectivity index (χ1) is 13.8. The largest absolute Gasteiger partial charge is 0.494 e. The van der Waals surface area contributed by atoms with Gasteiger partial charge >= 0.3 is 0 Å². The number of nitrogens with one attached hydrogen (secondary N) is 1. The van der Waals surface area contributed by atoms with E-state index < -0.39 is 10.8 Å². The van der Waals surface area contributed by atoms with Gasteiger partial charge in [-0.05, 0) is 42.7 Å². The Bertz CT molecular complexity index is 1070. The molecular formula is C20H20N4O5. The van der Waals surface area contributed by atoms with E-state index in [-0.39, 0.29) is 17.3 Å². The maximum Gasteiger partial charge on any atom is 0.295 e. The summed E-state index contributed by atoms with van der Waals surface area (Å²) >= 11 is 0. The molecule has 0 bridgehead atoms. The predicted octanol–water partition coefficient (Wildman–Crippen LogP) is 5.13. The Kier molecular flexibility index (Phi) is 5.87. The minimum atomic E-state index is -0.613. The number of hydrogen-bond donors (Lipinski definition) is 2. The maximum atomic E-state index is 12.3. The van der Waals surface area contributed by atoms with Gasteiger partial charge in [0.1, 0.15) is 5.75 Å². The van der Waals surface area contributed by atoms with Gasteiger partial charge in [-0.25, -0.2) is 0 Å². The van der Waals surface area contributed by atoms with Crippen molar-refractivity contribution in [3.05, 3.63) is 58.1 Å². The number of fused-ring (bicyclic) bond motifs is 1. The molecule has 0 fully saturated rings. The molecule has 2 aromatic carbocycles. The molecule has 9 heteroatoms. The fourth-order valence-electron chi connectivity index (χ4n) is 2.63. The zero-order chi connectivity index (χ0) is 21.0. The van der Waals surface area contributed by atoms with Gasteiger partial charge in [-0.1, -0.05) is 13.8 Å². The number of hydrogen-bond acceptors (Lipinski definition) is 6. The van der Waals surface area contributed by atoms with E-state index in [9.17, 15) is 20.0 Å². The van der Waals surface area contributed by atoms with Crippen molar-refractivity contribution in [1.29, 1.82) is 0 Å². The van der Waals surface area contributed by atoms with Crippen LogP contribution in [0, 0.1) is 16.0 Å². The van der Waals surface area contributed by atoms with Gasteiger partial charge < -0.3 is 14.8 Å². The highest BCUT2D eigenvalue weighted by Crippen LogP contribution is 2.37. The van der Waals surface area contributed by atoms with Crippen LogP contribution in [0.5, 0.6) is 11.6 Å². The first-order valence-electron chi connectivity index (χ1n) is 9.03. The SMILES string of the molecule is CC(C)CCOc1ccc(C(=O)N=Nc2c(O)[nH]c3ccc([N+](=O)[O-])cc23)cc1. The summed E-state index contributed by atoms with van der Waals surface area (Å²) in [5.74, 6) is 0.253. The number of nitrogens with zero attached hydrogens (tertiary/aromatic N) is 3. The van der Waals surface area contributed by atoms with Crippen molar-refractivity contribution < 1.29 is 19.6 Å². The predicted molar refractivity (Wildman–Crippen MR) is 107 cm³/mol. The minimum Gasteiger partial charge on any atom is -0.494 e. The monoisotopic (exact) mass is 396 g/mol. The van der Waals surface area contributed by atoms with E-state index in [1.807, 2.05) is 0 Å². The lowest BCUT2D eigenvalue weighted by atomic mass is 10.1. The van der Waals surface area contributed by atoms with E-state index in [4.69, 9.17) is 4.74 Å². The molecule has 9 nitrogen and oxygen atoms in total. The van der Waals surface area contributed by atoms with Gasteiger partial charge in [-0.15, -0.1) is 10.2 Å². The lowest BCUT2D eigenvalue weighted by molar-refractivity contribution is -0.384. The number of non-ortho nitro benzene ring substituents is 1. The summed E-state index contributed by atoms with van der Waals surface area (Å²) in [6.45, 7) is 4.82. The molecule has 0 aliphatic heterocycles. The molecule has 29 heavy (non-hydrogen) atoms. The van der Waals surface area contributed by atoms with Crippen LogP contribution in [0.25, 0.3) is 10.9 Å². The second kappa shape index (κ2) is 8.51. The van der Waals surface area contributed by atoms with Gasteiger partial charge in [-0.3, -0.25) is 14.9 Å². The fourth-order valence-corrected chi connectivity index (χ4v) is 2.63. The summed E-state index contributed by atoms with van der Waals surface area (Å²) in [6, 6.07) is 10.5. The van der Waals surface area contributed by atoms with Crippen LogP contribution in [-0.4, -0.2) is 27.5 Å². The van der Waals surface area contributed by atoms with Crippen LogP contribution in [0.1, 0.15) is 30.6 Å². The first-order valence-corrected chi connectivity index (χ1v) is 9.03. The molecule has 0 unspecified atom stereocenters. The number of aromatic hydroxyl groups is 1. The highest BCUT2D eigenvalue weighted by molar-refractivity contribution is 5.97. The molecule has 0 spiro atoms. The van der Waals surface area contributed by atoms with Crippen molar-refractivity contribution in [1.82, 2.24) is 4.98 Å². The quantitative estimate of drug-likeness (QED) is 0.325. The van der Waals surface area contributed by atoms with Crippen molar-refractivity contribution in [2.75, 3.05) is 6.61 Å². The standard InChI is InChI=1S/C20H20N4O5/c1-12(2)9-10-29-15-6-3-13(4-7-15)19(25)23-22-18-16-11-14(24(27)28)5-8-17(16)21-20(18)26/h3-8,11-12,21,26H,9-10H2,1-2H3. The second-order valence-electron chi connectivity index (χ2n) is 6.87. The van der Waals surface area contributed by atoms with Crippen LogP contribution >= 0.6 is 0 Å². The summed E-state index contributed by atoms with van der Waals surface area (Å²) in [7, 11) is 0. The van der Waals surface area contributed by atoms with Crippen LogP contribution in [0.3, 0.4) is 0 Å². The van der Waals surface area contributed by atoms with Crippen LogP contribution in [0.4, 0.5) is 11.4 Å². The molecule has 1 heterocycles. The van der Waals surface area contributed by atoms with Gasteiger partial charge in [0.25, 0.3) is 11.6 Å². The van der Waals surface area contributed by atoms with E-state index in [0.717, 1.165) is 6.42 Å². The van der Waals surface area contributed by atoms with E-state index in [2.05, 4.69) is 29.1 Å². The molecule has 150 valence electrons. The number of rotatable bonds is 7. The third-order valence-electron chi connectivity index (χ3n) is 4.25. The number of ether oxygens (including phenoxy) is 1. The molecule has 0 saturated heterocycles. The molecule has 0 aliphatic rings. The van der Waals surface area contributed by atoms with E-state index in [1.165, 1.54) is 18.2 Å². The van der Waals surface area contributed by atoms with Crippen molar-refractivity contribution >= 4 is 28.2 Å². The normalized spacial score (nSPS) is 11.4.